The highest BCUT2D eigenvalue weighted by Gasteiger charge is 2.59. The van der Waals surface area contributed by atoms with Gasteiger partial charge in [-0.3, -0.25) is 4.79 Å². The van der Waals surface area contributed by atoms with Crippen LogP contribution in [0.3, 0.4) is 0 Å². The van der Waals surface area contributed by atoms with Crippen molar-refractivity contribution in [1.29, 1.82) is 0 Å². The van der Waals surface area contributed by atoms with Crippen LogP contribution >= 0.6 is 0 Å². The zero-order chi connectivity index (χ0) is 14.8. The first-order valence-corrected chi connectivity index (χ1v) is 9.48. The van der Waals surface area contributed by atoms with E-state index in [9.17, 15) is 4.79 Å². The van der Waals surface area contributed by atoms with E-state index in [0.717, 1.165) is 36.0 Å². The monoisotopic (exact) mass is 288 g/mol. The van der Waals surface area contributed by atoms with Crippen molar-refractivity contribution in [3.8, 4) is 0 Å². The molecule has 0 radical (unpaired) electrons. The Balaban J connectivity index is 1.64. The Bertz CT molecular complexity index is 455. The van der Waals surface area contributed by atoms with Gasteiger partial charge in [0, 0.05) is 11.8 Å². The Morgan fingerprint density at radius 3 is 2.57 bits per heavy atom. The predicted octanol–water partition coefficient (Wildman–Crippen LogP) is 5.23. The molecule has 0 unspecified atom stereocenters. The standard InChI is InChI=1S/C20H32O/c1-13-8-10-19(2)14(12-13)4-5-15-16-6-7-18(21)20(16,3)11-9-17(15)19/h13-17H,4-12H2,1-3H3/t13-,14+,15+,16+,17+,19+,20+/m1/s1. The molecular weight excluding hydrogens is 256 g/mol. The molecule has 118 valence electrons. The smallest absolute Gasteiger partial charge is 0.139 e. The second-order valence-electron chi connectivity index (χ2n) is 9.45. The van der Waals surface area contributed by atoms with Crippen LogP contribution < -0.4 is 0 Å². The molecule has 0 amide bonds. The van der Waals surface area contributed by atoms with Crippen LogP contribution in [0.4, 0.5) is 0 Å². The SMILES string of the molecule is C[C@@H]1CC[C@@]2(C)[C@@H](CC[C@@H]3[C@@H]2CC[C@]2(C)C(=O)CC[C@@H]32)C1. The summed E-state index contributed by atoms with van der Waals surface area (Å²) < 4.78 is 0. The summed E-state index contributed by atoms with van der Waals surface area (Å²) in [7, 11) is 0. The van der Waals surface area contributed by atoms with Gasteiger partial charge in [-0.15, -0.1) is 0 Å². The average Bonchev–Trinajstić information content (AvgIpc) is 2.76. The Labute approximate surface area is 130 Å². The lowest BCUT2D eigenvalue weighted by atomic mass is 9.45. The lowest BCUT2D eigenvalue weighted by Crippen LogP contribution is -2.53. The number of carbonyl (C=O) groups is 1. The second kappa shape index (κ2) is 4.59. The molecule has 21 heavy (non-hydrogen) atoms. The van der Waals surface area contributed by atoms with E-state index in [0.29, 0.717) is 11.2 Å². The van der Waals surface area contributed by atoms with Gasteiger partial charge in [0.25, 0.3) is 0 Å². The Hall–Kier alpha value is -0.330. The number of fused-ring (bicyclic) bond motifs is 5. The fourth-order valence-corrected chi connectivity index (χ4v) is 7.24. The van der Waals surface area contributed by atoms with Crippen molar-refractivity contribution in [2.45, 2.75) is 78.6 Å². The molecule has 0 aromatic rings. The van der Waals surface area contributed by atoms with E-state index in [1.807, 2.05) is 0 Å². The fraction of sp³-hybridized carbons (Fsp3) is 0.950. The first-order chi connectivity index (χ1) is 9.95. The van der Waals surface area contributed by atoms with E-state index >= 15 is 0 Å². The van der Waals surface area contributed by atoms with Gasteiger partial charge in [-0.1, -0.05) is 27.2 Å². The van der Waals surface area contributed by atoms with Crippen LogP contribution in [0.1, 0.15) is 78.6 Å². The van der Waals surface area contributed by atoms with Gasteiger partial charge < -0.3 is 0 Å². The van der Waals surface area contributed by atoms with Crippen molar-refractivity contribution in [3.05, 3.63) is 0 Å². The molecule has 4 fully saturated rings. The molecular formula is C20H32O. The van der Waals surface area contributed by atoms with Gasteiger partial charge in [-0.25, -0.2) is 0 Å². The Morgan fingerprint density at radius 2 is 1.76 bits per heavy atom. The zero-order valence-corrected chi connectivity index (χ0v) is 14.2. The first kappa shape index (κ1) is 14.3. The molecule has 0 aromatic heterocycles. The van der Waals surface area contributed by atoms with Gasteiger partial charge in [0.15, 0.2) is 0 Å². The molecule has 7 atom stereocenters. The van der Waals surface area contributed by atoms with Crippen LogP contribution in [0.15, 0.2) is 0 Å². The van der Waals surface area contributed by atoms with E-state index in [4.69, 9.17) is 0 Å². The van der Waals surface area contributed by atoms with E-state index in [1.165, 1.54) is 51.4 Å². The molecule has 0 spiro atoms. The number of hydrogen-bond donors (Lipinski definition) is 0. The maximum Gasteiger partial charge on any atom is 0.139 e. The quantitative estimate of drug-likeness (QED) is 0.596. The number of Topliss-reactive ketones (excluding diaryl/α,β-unsaturated/α-hetero) is 1. The summed E-state index contributed by atoms with van der Waals surface area (Å²) in [5.41, 5.74) is 0.661. The van der Waals surface area contributed by atoms with Crippen molar-refractivity contribution in [2.24, 2.45) is 40.4 Å². The lowest BCUT2D eigenvalue weighted by molar-refractivity contribution is -0.139. The third kappa shape index (κ3) is 1.85. The summed E-state index contributed by atoms with van der Waals surface area (Å²) in [6, 6.07) is 0. The maximum atomic E-state index is 12.4. The van der Waals surface area contributed by atoms with Gasteiger partial charge in [0.2, 0.25) is 0 Å². The topological polar surface area (TPSA) is 17.1 Å². The van der Waals surface area contributed by atoms with Gasteiger partial charge in [-0.2, -0.15) is 0 Å². The molecule has 0 bridgehead atoms. The van der Waals surface area contributed by atoms with Crippen molar-refractivity contribution in [3.63, 3.8) is 0 Å². The van der Waals surface area contributed by atoms with Crippen LogP contribution in [-0.4, -0.2) is 5.78 Å². The number of hydrogen-bond acceptors (Lipinski definition) is 1. The number of rotatable bonds is 0. The van der Waals surface area contributed by atoms with Crippen LogP contribution in [-0.2, 0) is 4.79 Å². The Morgan fingerprint density at radius 1 is 0.952 bits per heavy atom. The van der Waals surface area contributed by atoms with Crippen molar-refractivity contribution in [1.82, 2.24) is 0 Å². The maximum absolute atomic E-state index is 12.4. The highest BCUT2D eigenvalue weighted by molar-refractivity contribution is 5.87. The third-order valence-electron chi connectivity index (χ3n) is 8.64. The minimum Gasteiger partial charge on any atom is -0.299 e. The minimum atomic E-state index is 0.0618. The summed E-state index contributed by atoms with van der Waals surface area (Å²) in [5.74, 6) is 5.03. The van der Waals surface area contributed by atoms with Crippen molar-refractivity contribution < 1.29 is 4.79 Å². The summed E-state index contributed by atoms with van der Waals surface area (Å²) in [6.07, 6.45) is 11.8. The molecule has 0 heterocycles. The number of ketones is 1. The molecule has 4 aliphatic rings. The van der Waals surface area contributed by atoms with Gasteiger partial charge in [-0.05, 0) is 80.0 Å². The second-order valence-corrected chi connectivity index (χ2v) is 9.45. The molecule has 1 heteroatoms. The molecule has 0 N–H and O–H groups in total. The van der Waals surface area contributed by atoms with Gasteiger partial charge in [0.1, 0.15) is 5.78 Å². The molecule has 0 aliphatic heterocycles. The van der Waals surface area contributed by atoms with Crippen molar-refractivity contribution >= 4 is 5.78 Å². The molecule has 0 aromatic carbocycles. The first-order valence-electron chi connectivity index (χ1n) is 9.48. The summed E-state index contributed by atoms with van der Waals surface area (Å²) in [6.45, 7) is 7.39. The third-order valence-corrected chi connectivity index (χ3v) is 8.64. The fourth-order valence-electron chi connectivity index (χ4n) is 7.24. The largest absolute Gasteiger partial charge is 0.299 e. The van der Waals surface area contributed by atoms with E-state index < -0.39 is 0 Å². The number of carbonyl (C=O) groups excluding carboxylic acids is 1. The van der Waals surface area contributed by atoms with Crippen LogP contribution in [0, 0.1) is 40.4 Å². The summed E-state index contributed by atoms with van der Waals surface area (Å²) >= 11 is 0. The van der Waals surface area contributed by atoms with Crippen molar-refractivity contribution in [2.75, 3.05) is 0 Å². The molecule has 4 rings (SSSR count). The zero-order valence-electron chi connectivity index (χ0n) is 14.2. The van der Waals surface area contributed by atoms with E-state index in [1.54, 1.807) is 0 Å². The van der Waals surface area contributed by atoms with E-state index in [-0.39, 0.29) is 5.41 Å². The molecule has 4 saturated carbocycles. The molecule has 4 aliphatic carbocycles. The highest BCUT2D eigenvalue weighted by Crippen LogP contribution is 2.65. The summed E-state index contributed by atoms with van der Waals surface area (Å²) in [4.78, 5) is 12.4. The van der Waals surface area contributed by atoms with Crippen LogP contribution in [0.2, 0.25) is 0 Å². The lowest BCUT2D eigenvalue weighted by Gasteiger charge is -2.60. The molecule has 0 saturated heterocycles. The van der Waals surface area contributed by atoms with Crippen LogP contribution in [0.25, 0.3) is 0 Å². The molecule has 1 nitrogen and oxygen atoms in total. The van der Waals surface area contributed by atoms with Gasteiger partial charge >= 0.3 is 0 Å². The van der Waals surface area contributed by atoms with E-state index in [2.05, 4.69) is 20.8 Å². The minimum absolute atomic E-state index is 0.0618. The summed E-state index contributed by atoms with van der Waals surface area (Å²) in [5, 5.41) is 0. The highest BCUT2D eigenvalue weighted by atomic mass is 16.1. The Kier molecular flexibility index (Phi) is 3.12. The van der Waals surface area contributed by atoms with Crippen LogP contribution in [0.5, 0.6) is 0 Å². The predicted molar refractivity (Wildman–Crippen MR) is 85.9 cm³/mol. The normalized spacial score (nSPS) is 56.5. The van der Waals surface area contributed by atoms with Gasteiger partial charge in [0.05, 0.1) is 0 Å². The average molecular weight is 288 g/mol.